The first-order chi connectivity index (χ1) is 9.38. The number of hydrogen-bond acceptors (Lipinski definition) is 4. The van der Waals surface area contributed by atoms with E-state index in [0.717, 1.165) is 12.0 Å². The molecule has 20 heavy (non-hydrogen) atoms. The Balaban J connectivity index is 2.11. The molecule has 0 aliphatic heterocycles. The molecule has 2 unspecified atom stereocenters. The Kier molecular flexibility index (Phi) is 4.45. The summed E-state index contributed by atoms with van der Waals surface area (Å²) in [4.78, 5) is 11.3. The number of aryl methyl sites for hydroxylation is 1. The second kappa shape index (κ2) is 5.93. The highest BCUT2D eigenvalue weighted by atomic mass is 32.2. The number of hydrogen-bond donors (Lipinski definition) is 1. The average Bonchev–Trinajstić information content (AvgIpc) is 2.75. The van der Waals surface area contributed by atoms with Crippen LogP contribution in [0.4, 0.5) is 0 Å². The van der Waals surface area contributed by atoms with E-state index in [-0.39, 0.29) is 23.0 Å². The van der Waals surface area contributed by atoms with Crippen molar-refractivity contribution >= 4 is 16.0 Å². The van der Waals surface area contributed by atoms with Crippen LogP contribution in [0.1, 0.15) is 31.7 Å². The minimum absolute atomic E-state index is 0.233. The minimum Gasteiger partial charge on any atom is -0.461 e. The van der Waals surface area contributed by atoms with Gasteiger partial charge in [-0.25, -0.2) is 13.1 Å². The van der Waals surface area contributed by atoms with Crippen LogP contribution in [0.3, 0.4) is 0 Å². The molecule has 0 spiro atoms. The van der Waals surface area contributed by atoms with Crippen LogP contribution < -0.4 is 4.72 Å². The van der Waals surface area contributed by atoms with Gasteiger partial charge in [-0.2, -0.15) is 0 Å². The fourth-order valence-corrected chi connectivity index (χ4v) is 3.70. The largest absolute Gasteiger partial charge is 0.461 e. The maximum atomic E-state index is 12.3. The monoisotopic (exact) mass is 297 g/mol. The van der Waals surface area contributed by atoms with Crippen molar-refractivity contribution in [2.24, 2.45) is 0 Å². The van der Waals surface area contributed by atoms with Gasteiger partial charge in [0.05, 0.1) is 10.9 Å². The van der Waals surface area contributed by atoms with Gasteiger partial charge in [0, 0.05) is 6.92 Å². The van der Waals surface area contributed by atoms with Gasteiger partial charge in [-0.15, -0.1) is 0 Å². The zero-order valence-electron chi connectivity index (χ0n) is 11.6. The number of rotatable bonds is 4. The molecule has 0 saturated heterocycles. The van der Waals surface area contributed by atoms with Crippen molar-refractivity contribution in [1.29, 1.82) is 0 Å². The molecule has 5 nitrogen and oxygen atoms in total. The fourth-order valence-electron chi connectivity index (χ4n) is 2.40. The van der Waals surface area contributed by atoms with Crippen molar-refractivity contribution in [3.05, 3.63) is 29.8 Å². The standard InChI is InChI=1S/C14H19NO4S/c1-10-6-8-12(9-7-10)20(17,18)15-13-4-3-5-14(13)19-11(2)16/h6-9,13-15H,3-5H2,1-2H3. The molecular weight excluding hydrogens is 278 g/mol. The number of benzene rings is 1. The lowest BCUT2D eigenvalue weighted by molar-refractivity contribution is -0.146. The van der Waals surface area contributed by atoms with Gasteiger partial charge in [0.1, 0.15) is 6.10 Å². The Bertz CT molecular complexity index is 580. The van der Waals surface area contributed by atoms with E-state index >= 15 is 0 Å². The molecule has 1 N–H and O–H groups in total. The summed E-state index contributed by atoms with van der Waals surface area (Å²) >= 11 is 0. The molecule has 0 bridgehead atoms. The fraction of sp³-hybridized carbons (Fsp3) is 0.500. The molecule has 0 heterocycles. The molecule has 0 radical (unpaired) electrons. The number of carbonyl (C=O) groups is 1. The molecule has 0 aromatic heterocycles. The van der Waals surface area contributed by atoms with E-state index in [1.807, 2.05) is 6.92 Å². The number of esters is 1. The number of carbonyl (C=O) groups excluding carboxylic acids is 1. The lowest BCUT2D eigenvalue weighted by atomic mass is 10.2. The molecule has 110 valence electrons. The summed E-state index contributed by atoms with van der Waals surface area (Å²) in [6.45, 7) is 3.24. The van der Waals surface area contributed by atoms with Crippen LogP contribution in [0.2, 0.25) is 0 Å². The molecule has 0 amide bonds. The van der Waals surface area contributed by atoms with Crippen LogP contribution in [0, 0.1) is 6.92 Å². The van der Waals surface area contributed by atoms with Gasteiger partial charge in [0.25, 0.3) is 0 Å². The van der Waals surface area contributed by atoms with Crippen molar-refractivity contribution in [2.75, 3.05) is 0 Å². The van der Waals surface area contributed by atoms with Gasteiger partial charge in [-0.1, -0.05) is 17.7 Å². The molecule has 1 aliphatic carbocycles. The molecule has 1 aromatic rings. The smallest absolute Gasteiger partial charge is 0.302 e. The van der Waals surface area contributed by atoms with E-state index in [0.29, 0.717) is 12.8 Å². The topological polar surface area (TPSA) is 72.5 Å². The lowest BCUT2D eigenvalue weighted by Crippen LogP contribution is -2.41. The summed E-state index contributed by atoms with van der Waals surface area (Å²) < 4.78 is 32.4. The lowest BCUT2D eigenvalue weighted by Gasteiger charge is -2.20. The maximum Gasteiger partial charge on any atom is 0.302 e. The Morgan fingerprint density at radius 1 is 1.25 bits per heavy atom. The third kappa shape index (κ3) is 3.58. The van der Waals surface area contributed by atoms with E-state index in [4.69, 9.17) is 4.74 Å². The molecule has 1 aromatic carbocycles. The predicted octanol–water partition coefficient (Wildman–Crippen LogP) is 1.76. The summed E-state index contributed by atoms with van der Waals surface area (Å²) in [6.07, 6.45) is 1.86. The highest BCUT2D eigenvalue weighted by molar-refractivity contribution is 7.89. The van der Waals surface area contributed by atoms with Crippen molar-refractivity contribution in [2.45, 2.75) is 50.2 Å². The predicted molar refractivity (Wildman–Crippen MR) is 74.7 cm³/mol. The van der Waals surface area contributed by atoms with E-state index in [1.54, 1.807) is 24.3 Å². The first-order valence-electron chi connectivity index (χ1n) is 6.65. The van der Waals surface area contributed by atoms with Crippen LogP contribution in [-0.2, 0) is 19.6 Å². The van der Waals surface area contributed by atoms with Crippen molar-refractivity contribution in [3.8, 4) is 0 Å². The molecule has 1 aliphatic rings. The number of nitrogens with one attached hydrogen (secondary N) is 1. The third-order valence-corrected chi connectivity index (χ3v) is 4.91. The number of ether oxygens (including phenoxy) is 1. The molecule has 1 fully saturated rings. The second-order valence-corrected chi connectivity index (χ2v) is 6.83. The Labute approximate surface area is 119 Å². The summed E-state index contributed by atoms with van der Waals surface area (Å²) in [7, 11) is -3.57. The zero-order valence-corrected chi connectivity index (χ0v) is 12.4. The van der Waals surface area contributed by atoms with Crippen LogP contribution in [0.25, 0.3) is 0 Å². The molecule has 2 rings (SSSR count). The van der Waals surface area contributed by atoms with Crippen molar-refractivity contribution < 1.29 is 17.9 Å². The van der Waals surface area contributed by atoms with Gasteiger partial charge >= 0.3 is 5.97 Å². The zero-order chi connectivity index (χ0) is 14.8. The van der Waals surface area contributed by atoms with E-state index in [9.17, 15) is 13.2 Å². The van der Waals surface area contributed by atoms with Gasteiger partial charge in [0.2, 0.25) is 10.0 Å². The molecular formula is C14H19NO4S. The van der Waals surface area contributed by atoms with Crippen LogP contribution in [0.15, 0.2) is 29.2 Å². The van der Waals surface area contributed by atoms with Crippen LogP contribution in [0.5, 0.6) is 0 Å². The first kappa shape index (κ1) is 15.0. The Morgan fingerprint density at radius 2 is 1.90 bits per heavy atom. The van der Waals surface area contributed by atoms with Crippen LogP contribution >= 0.6 is 0 Å². The average molecular weight is 297 g/mol. The summed E-state index contributed by atoms with van der Waals surface area (Å²) in [5.41, 5.74) is 1.00. The SMILES string of the molecule is CC(=O)OC1CCCC1NS(=O)(=O)c1ccc(C)cc1. The van der Waals surface area contributed by atoms with E-state index in [2.05, 4.69) is 4.72 Å². The molecule has 2 atom stereocenters. The molecule has 6 heteroatoms. The highest BCUT2D eigenvalue weighted by Crippen LogP contribution is 2.24. The summed E-state index contributed by atoms with van der Waals surface area (Å²) in [6, 6.07) is 6.32. The quantitative estimate of drug-likeness (QED) is 0.860. The van der Waals surface area contributed by atoms with Crippen molar-refractivity contribution in [1.82, 2.24) is 4.72 Å². The number of sulfonamides is 1. The van der Waals surface area contributed by atoms with Gasteiger partial charge in [-0.3, -0.25) is 4.79 Å². The minimum atomic E-state index is -3.57. The third-order valence-electron chi connectivity index (χ3n) is 3.41. The second-order valence-electron chi connectivity index (χ2n) is 5.12. The normalized spacial score (nSPS) is 22.7. The van der Waals surface area contributed by atoms with E-state index in [1.165, 1.54) is 6.92 Å². The maximum absolute atomic E-state index is 12.3. The Morgan fingerprint density at radius 3 is 2.50 bits per heavy atom. The summed E-state index contributed by atoms with van der Waals surface area (Å²) in [5, 5.41) is 0. The highest BCUT2D eigenvalue weighted by Gasteiger charge is 2.33. The molecule has 1 saturated carbocycles. The van der Waals surface area contributed by atoms with Crippen molar-refractivity contribution in [3.63, 3.8) is 0 Å². The Hall–Kier alpha value is -1.40. The van der Waals surface area contributed by atoms with Gasteiger partial charge in [0.15, 0.2) is 0 Å². The summed E-state index contributed by atoms with van der Waals surface area (Å²) in [5.74, 6) is -0.378. The van der Waals surface area contributed by atoms with Gasteiger partial charge in [-0.05, 0) is 38.3 Å². The van der Waals surface area contributed by atoms with E-state index < -0.39 is 10.0 Å². The van der Waals surface area contributed by atoms with Crippen LogP contribution in [-0.4, -0.2) is 26.5 Å². The van der Waals surface area contributed by atoms with Gasteiger partial charge < -0.3 is 4.74 Å². The first-order valence-corrected chi connectivity index (χ1v) is 8.13.